The van der Waals surface area contributed by atoms with Crippen LogP contribution in [0.25, 0.3) is 0 Å². The van der Waals surface area contributed by atoms with Crippen LogP contribution in [0, 0.1) is 0 Å². The highest BCUT2D eigenvalue weighted by molar-refractivity contribution is 5.72. The second-order valence-electron chi connectivity index (χ2n) is 2.95. The summed E-state index contributed by atoms with van der Waals surface area (Å²) in [6.45, 7) is 2.35. The second-order valence-corrected chi connectivity index (χ2v) is 2.95. The first-order chi connectivity index (χ1) is 7.18. The summed E-state index contributed by atoms with van der Waals surface area (Å²) in [6.07, 6.45) is 0.313. The van der Waals surface area contributed by atoms with E-state index in [0.29, 0.717) is 39.5 Å². The molecule has 6 heteroatoms. The first kappa shape index (κ1) is 14.3. The van der Waals surface area contributed by atoms with Gasteiger partial charge in [-0.1, -0.05) is 0 Å². The van der Waals surface area contributed by atoms with Crippen molar-refractivity contribution >= 4 is 5.97 Å². The summed E-state index contributed by atoms with van der Waals surface area (Å²) in [6, 6.07) is -0.848. The highest BCUT2D eigenvalue weighted by Gasteiger charge is 2.09. The number of ether oxygens (including phenoxy) is 3. The van der Waals surface area contributed by atoms with Crippen LogP contribution in [-0.2, 0) is 19.0 Å². The molecule has 3 N–H and O–H groups in total. The number of methoxy groups -OCH3 is 1. The van der Waals surface area contributed by atoms with Crippen LogP contribution in [0.5, 0.6) is 0 Å². The Bertz CT molecular complexity index is 165. The normalized spacial score (nSPS) is 12.7. The lowest BCUT2D eigenvalue weighted by Crippen LogP contribution is -2.31. The predicted molar refractivity (Wildman–Crippen MR) is 53.7 cm³/mol. The van der Waals surface area contributed by atoms with Crippen molar-refractivity contribution in [3.8, 4) is 0 Å². The van der Waals surface area contributed by atoms with Gasteiger partial charge in [-0.05, 0) is 6.42 Å². The van der Waals surface area contributed by atoms with Gasteiger partial charge in [0.15, 0.2) is 0 Å². The van der Waals surface area contributed by atoms with Gasteiger partial charge in [0.25, 0.3) is 0 Å². The van der Waals surface area contributed by atoms with Gasteiger partial charge in [0.1, 0.15) is 6.04 Å². The number of aliphatic carboxylic acids is 1. The van der Waals surface area contributed by atoms with Crippen LogP contribution >= 0.6 is 0 Å². The smallest absolute Gasteiger partial charge is 0.320 e. The largest absolute Gasteiger partial charge is 0.480 e. The molecule has 0 fully saturated rings. The van der Waals surface area contributed by atoms with Crippen molar-refractivity contribution in [2.24, 2.45) is 5.73 Å². The van der Waals surface area contributed by atoms with Crippen molar-refractivity contribution < 1.29 is 24.1 Å². The maximum atomic E-state index is 10.3. The standard InChI is InChI=1S/C9H19NO5/c1-13-4-5-15-7-6-14-3-2-8(10)9(11)12/h8H,2-7,10H2,1H3,(H,11,12). The molecule has 0 heterocycles. The zero-order chi connectivity index (χ0) is 11.5. The fourth-order valence-corrected chi connectivity index (χ4v) is 0.798. The Hall–Kier alpha value is -0.690. The minimum atomic E-state index is -1.00. The molecule has 0 aliphatic carbocycles. The van der Waals surface area contributed by atoms with E-state index in [2.05, 4.69) is 0 Å². The lowest BCUT2D eigenvalue weighted by Gasteiger charge is -2.07. The number of carboxylic acids is 1. The number of rotatable bonds is 10. The summed E-state index contributed by atoms with van der Waals surface area (Å²) >= 11 is 0. The maximum absolute atomic E-state index is 10.3. The van der Waals surface area contributed by atoms with Gasteiger partial charge >= 0.3 is 5.97 Å². The van der Waals surface area contributed by atoms with Crippen LogP contribution in [0.15, 0.2) is 0 Å². The van der Waals surface area contributed by atoms with Gasteiger partial charge in [-0.2, -0.15) is 0 Å². The van der Waals surface area contributed by atoms with Crippen LogP contribution in [0.4, 0.5) is 0 Å². The minimum absolute atomic E-state index is 0.313. The molecule has 0 aromatic carbocycles. The Labute approximate surface area is 89.3 Å². The van der Waals surface area contributed by atoms with E-state index in [-0.39, 0.29) is 0 Å². The molecule has 0 spiro atoms. The molecule has 90 valence electrons. The van der Waals surface area contributed by atoms with E-state index in [0.717, 1.165) is 0 Å². The van der Waals surface area contributed by atoms with E-state index in [9.17, 15) is 4.79 Å². The van der Waals surface area contributed by atoms with Crippen molar-refractivity contribution in [2.75, 3.05) is 40.1 Å². The van der Waals surface area contributed by atoms with E-state index in [1.807, 2.05) is 0 Å². The van der Waals surface area contributed by atoms with Crippen LogP contribution in [-0.4, -0.2) is 57.3 Å². The lowest BCUT2D eigenvalue weighted by atomic mass is 10.2. The number of carboxylic acid groups (broad SMARTS) is 1. The molecule has 0 aromatic rings. The molecule has 0 amide bonds. The van der Waals surface area contributed by atoms with E-state index in [1.165, 1.54) is 0 Å². The summed E-state index contributed by atoms with van der Waals surface area (Å²) in [5, 5.41) is 8.46. The van der Waals surface area contributed by atoms with Crippen LogP contribution in [0.1, 0.15) is 6.42 Å². The van der Waals surface area contributed by atoms with Gasteiger partial charge in [0.2, 0.25) is 0 Å². The molecule has 0 bridgehead atoms. The van der Waals surface area contributed by atoms with Gasteiger partial charge in [0.05, 0.1) is 26.4 Å². The predicted octanol–water partition coefficient (Wildman–Crippen LogP) is -0.532. The number of nitrogens with two attached hydrogens (primary N) is 1. The number of hydrogen-bond donors (Lipinski definition) is 2. The summed E-state index contributed by atoms with van der Waals surface area (Å²) < 4.78 is 15.0. The third-order valence-electron chi connectivity index (χ3n) is 1.69. The van der Waals surface area contributed by atoms with Gasteiger partial charge in [-0.15, -0.1) is 0 Å². The van der Waals surface area contributed by atoms with Crippen molar-refractivity contribution in [1.29, 1.82) is 0 Å². The molecule has 0 rings (SSSR count). The Morgan fingerprint density at radius 3 is 2.27 bits per heavy atom. The van der Waals surface area contributed by atoms with Crippen molar-refractivity contribution in [3.63, 3.8) is 0 Å². The zero-order valence-corrected chi connectivity index (χ0v) is 8.98. The van der Waals surface area contributed by atoms with E-state index in [1.54, 1.807) is 7.11 Å². The van der Waals surface area contributed by atoms with Crippen molar-refractivity contribution in [1.82, 2.24) is 0 Å². The molecule has 1 unspecified atom stereocenters. The van der Waals surface area contributed by atoms with Gasteiger partial charge < -0.3 is 25.1 Å². The fraction of sp³-hybridized carbons (Fsp3) is 0.889. The van der Waals surface area contributed by atoms with Crippen molar-refractivity contribution in [3.05, 3.63) is 0 Å². The number of hydrogen-bond acceptors (Lipinski definition) is 5. The summed E-state index contributed by atoms with van der Waals surface area (Å²) in [7, 11) is 1.60. The molecule has 0 aliphatic heterocycles. The Kier molecular flexibility index (Phi) is 9.40. The molecule has 1 atom stereocenters. The molecule has 6 nitrogen and oxygen atoms in total. The average molecular weight is 221 g/mol. The number of carbonyl (C=O) groups is 1. The van der Waals surface area contributed by atoms with E-state index >= 15 is 0 Å². The molecule has 0 saturated heterocycles. The summed E-state index contributed by atoms with van der Waals surface area (Å²) in [5.74, 6) is -1.00. The van der Waals surface area contributed by atoms with E-state index in [4.69, 9.17) is 25.1 Å². The Morgan fingerprint density at radius 1 is 1.20 bits per heavy atom. The van der Waals surface area contributed by atoms with Crippen LogP contribution in [0.2, 0.25) is 0 Å². The van der Waals surface area contributed by atoms with Gasteiger partial charge in [-0.25, -0.2) is 0 Å². The molecular weight excluding hydrogens is 202 g/mol. The molecular formula is C9H19NO5. The molecule has 0 saturated carbocycles. The first-order valence-electron chi connectivity index (χ1n) is 4.81. The summed E-state index contributed by atoms with van der Waals surface area (Å²) in [4.78, 5) is 10.3. The molecule has 15 heavy (non-hydrogen) atoms. The SMILES string of the molecule is COCCOCCOCCC(N)C(=O)O. The van der Waals surface area contributed by atoms with Crippen molar-refractivity contribution in [2.45, 2.75) is 12.5 Å². The Morgan fingerprint density at radius 2 is 1.73 bits per heavy atom. The minimum Gasteiger partial charge on any atom is -0.480 e. The summed E-state index contributed by atoms with van der Waals surface area (Å²) in [5.41, 5.74) is 5.27. The quantitative estimate of drug-likeness (QED) is 0.482. The highest BCUT2D eigenvalue weighted by Crippen LogP contribution is 1.89. The first-order valence-corrected chi connectivity index (χ1v) is 4.81. The fourth-order valence-electron chi connectivity index (χ4n) is 0.798. The van der Waals surface area contributed by atoms with Gasteiger partial charge in [-0.3, -0.25) is 4.79 Å². The average Bonchev–Trinajstić information content (AvgIpc) is 2.21. The topological polar surface area (TPSA) is 91.0 Å². The Balaban J connectivity index is 3.08. The highest BCUT2D eigenvalue weighted by atomic mass is 16.5. The second kappa shape index (κ2) is 9.85. The van der Waals surface area contributed by atoms with Crippen LogP contribution < -0.4 is 5.73 Å². The van der Waals surface area contributed by atoms with Crippen LogP contribution in [0.3, 0.4) is 0 Å². The lowest BCUT2D eigenvalue weighted by molar-refractivity contribution is -0.139. The third-order valence-corrected chi connectivity index (χ3v) is 1.69. The third kappa shape index (κ3) is 9.61. The molecule has 0 aliphatic rings. The van der Waals surface area contributed by atoms with Gasteiger partial charge in [0, 0.05) is 13.7 Å². The zero-order valence-electron chi connectivity index (χ0n) is 8.98. The molecule has 0 aromatic heterocycles. The van der Waals surface area contributed by atoms with E-state index < -0.39 is 12.0 Å². The molecule has 0 radical (unpaired) electrons. The monoisotopic (exact) mass is 221 g/mol. The maximum Gasteiger partial charge on any atom is 0.320 e.